The molecule has 0 amide bonds. The number of nitrogens with zero attached hydrogens (tertiary/aromatic N) is 3. The van der Waals surface area contributed by atoms with Crippen LogP contribution in [0.1, 0.15) is 0 Å². The van der Waals surface area contributed by atoms with Crippen molar-refractivity contribution >= 4 is 44.9 Å². The summed E-state index contributed by atoms with van der Waals surface area (Å²) in [4.78, 5) is 0. The molecule has 0 radical (unpaired) electrons. The third-order valence-electron chi connectivity index (χ3n) is 6.09. The van der Waals surface area contributed by atoms with Gasteiger partial charge in [0.15, 0.2) is 7.30 Å². The fraction of sp³-hybridized carbons (Fsp3) is 0.280. The van der Waals surface area contributed by atoms with Crippen molar-refractivity contribution in [3.8, 4) is 0 Å². The van der Waals surface area contributed by atoms with Crippen LogP contribution in [0.5, 0.6) is 0 Å². The van der Waals surface area contributed by atoms with Crippen molar-refractivity contribution in [1.29, 1.82) is 0 Å². The minimum absolute atomic E-state index is 0.136. The molecule has 0 N–H and O–H groups in total. The lowest BCUT2D eigenvalue weighted by Crippen LogP contribution is -2.33. The standard InChI is InChI=1S/C25H35N3P4/c1-26(2)32(27(3)4,28(5)6)30-22-29(30)31(23-16-10-7-11-17-23,24-18-12-8-13-19-24)25-20-14-9-15-21-25/h7-21H,22H2,1-6H3/q+2. The summed E-state index contributed by atoms with van der Waals surface area (Å²) in [5.41, 5.74) is 0. The zero-order valence-corrected chi connectivity index (χ0v) is 23.6. The summed E-state index contributed by atoms with van der Waals surface area (Å²) >= 11 is 0. The predicted molar refractivity (Wildman–Crippen MR) is 152 cm³/mol. The monoisotopic (exact) mass is 501 g/mol. The molecule has 1 aliphatic rings. The van der Waals surface area contributed by atoms with Crippen LogP contribution in [0.25, 0.3) is 0 Å². The Kier molecular flexibility index (Phi) is 7.51. The van der Waals surface area contributed by atoms with E-state index in [-0.39, 0.29) is 14.6 Å². The van der Waals surface area contributed by atoms with E-state index in [1.165, 1.54) is 5.90 Å². The first-order valence-corrected chi connectivity index (χ1v) is 19.5. The number of rotatable bonds is 8. The van der Waals surface area contributed by atoms with E-state index in [2.05, 4.69) is 147 Å². The topological polar surface area (TPSA) is 9.72 Å². The molecule has 4 rings (SSSR count). The van der Waals surface area contributed by atoms with E-state index in [4.69, 9.17) is 0 Å². The van der Waals surface area contributed by atoms with Gasteiger partial charge in [0.05, 0.1) is 5.90 Å². The quantitative estimate of drug-likeness (QED) is 0.345. The Morgan fingerprint density at radius 1 is 0.500 bits per heavy atom. The second-order valence-electron chi connectivity index (χ2n) is 8.61. The Balaban J connectivity index is 1.98. The minimum Gasteiger partial charge on any atom is -0.152 e. The van der Waals surface area contributed by atoms with Crippen molar-refractivity contribution in [2.75, 3.05) is 48.2 Å². The lowest BCUT2D eigenvalue weighted by atomic mass is 10.4. The Morgan fingerprint density at radius 3 is 1.09 bits per heavy atom. The Hall–Kier alpha value is -0.740. The van der Waals surface area contributed by atoms with E-state index in [0.29, 0.717) is 0 Å². The van der Waals surface area contributed by atoms with Crippen LogP contribution in [0.15, 0.2) is 91.0 Å². The first-order chi connectivity index (χ1) is 15.4. The number of benzene rings is 3. The summed E-state index contributed by atoms with van der Waals surface area (Å²) in [6.45, 7) is -1.74. The molecule has 168 valence electrons. The molecule has 0 bridgehead atoms. The van der Waals surface area contributed by atoms with Crippen LogP contribution in [0.2, 0.25) is 0 Å². The summed E-state index contributed by atoms with van der Waals surface area (Å²) in [7, 11) is 11.9. The Labute approximate surface area is 197 Å². The fourth-order valence-corrected chi connectivity index (χ4v) is 51.6. The summed E-state index contributed by atoms with van der Waals surface area (Å²) in [6.07, 6.45) is 0. The largest absolute Gasteiger partial charge is 0.251 e. The molecule has 32 heavy (non-hydrogen) atoms. The van der Waals surface area contributed by atoms with Crippen LogP contribution in [-0.4, -0.2) is 62.2 Å². The van der Waals surface area contributed by atoms with Crippen LogP contribution < -0.4 is 15.9 Å². The molecule has 3 nitrogen and oxygen atoms in total. The highest BCUT2D eigenvalue weighted by Gasteiger charge is 2.78. The molecule has 1 heterocycles. The summed E-state index contributed by atoms with van der Waals surface area (Å²) in [5, 5.41) is 4.63. The van der Waals surface area contributed by atoms with Crippen molar-refractivity contribution in [3.63, 3.8) is 0 Å². The van der Waals surface area contributed by atoms with Crippen LogP contribution in [0.4, 0.5) is 0 Å². The second-order valence-corrected chi connectivity index (χ2v) is 28.6. The number of hydrogen-bond acceptors (Lipinski definition) is 3. The molecular weight excluding hydrogens is 466 g/mol. The maximum absolute atomic E-state index is 2.57. The van der Waals surface area contributed by atoms with E-state index in [9.17, 15) is 0 Å². The molecule has 7 heteroatoms. The third-order valence-corrected chi connectivity index (χ3v) is 38.5. The summed E-state index contributed by atoms with van der Waals surface area (Å²) in [5.74, 6) is 1.39. The molecule has 2 unspecified atom stereocenters. The van der Waals surface area contributed by atoms with Gasteiger partial charge in [-0.3, -0.25) is 0 Å². The maximum Gasteiger partial charge on any atom is 0.251 e. The fourth-order valence-electron chi connectivity index (χ4n) is 5.03. The van der Waals surface area contributed by atoms with Gasteiger partial charge in [0.25, 0.3) is 7.40 Å². The third kappa shape index (κ3) is 3.91. The first-order valence-electron chi connectivity index (χ1n) is 10.9. The zero-order chi connectivity index (χ0) is 22.9. The molecule has 0 spiro atoms. The van der Waals surface area contributed by atoms with Gasteiger partial charge in [-0.05, 0) is 36.4 Å². The van der Waals surface area contributed by atoms with Crippen LogP contribution in [0, 0.1) is 0 Å². The summed E-state index contributed by atoms with van der Waals surface area (Å²) < 4.78 is 7.70. The van der Waals surface area contributed by atoms with E-state index >= 15 is 0 Å². The number of hydrogen-bond donors (Lipinski definition) is 0. The van der Waals surface area contributed by atoms with E-state index < -0.39 is 14.4 Å². The van der Waals surface area contributed by atoms with Gasteiger partial charge in [-0.25, -0.2) is 0 Å². The molecule has 3 aromatic carbocycles. The van der Waals surface area contributed by atoms with E-state index in [0.717, 1.165) is 0 Å². The van der Waals surface area contributed by atoms with Gasteiger partial charge in [0.1, 0.15) is 30.2 Å². The van der Waals surface area contributed by atoms with Gasteiger partial charge < -0.3 is 0 Å². The first kappa shape index (κ1) is 24.4. The van der Waals surface area contributed by atoms with Crippen LogP contribution in [-0.2, 0) is 0 Å². The van der Waals surface area contributed by atoms with Crippen molar-refractivity contribution in [2.45, 2.75) is 0 Å². The smallest absolute Gasteiger partial charge is 0.152 e. The molecular formula is C25H35N3P4+2. The molecule has 0 aromatic heterocycles. The molecule has 0 aliphatic carbocycles. The lowest BCUT2D eigenvalue weighted by molar-refractivity contribution is 0.481. The van der Waals surface area contributed by atoms with Gasteiger partial charge in [-0.1, -0.05) is 54.6 Å². The molecule has 1 saturated heterocycles. The average Bonchev–Trinajstić information content (AvgIpc) is 3.57. The van der Waals surface area contributed by atoms with Crippen LogP contribution in [0.3, 0.4) is 0 Å². The van der Waals surface area contributed by atoms with Crippen molar-refractivity contribution in [3.05, 3.63) is 91.0 Å². The molecule has 3 aromatic rings. The second kappa shape index (κ2) is 9.86. The SMILES string of the molecule is CN(C)[P+](N(C)C)(N(C)C)P1CP1[P+](c1ccccc1)(c1ccccc1)c1ccccc1. The van der Waals surface area contributed by atoms with Gasteiger partial charge in [-0.2, -0.15) is 14.0 Å². The van der Waals surface area contributed by atoms with E-state index in [1.807, 2.05) is 0 Å². The van der Waals surface area contributed by atoms with Gasteiger partial charge >= 0.3 is 0 Å². The van der Waals surface area contributed by atoms with Crippen molar-refractivity contribution in [1.82, 2.24) is 14.0 Å². The van der Waals surface area contributed by atoms with Crippen molar-refractivity contribution < 1.29 is 0 Å². The zero-order valence-electron chi connectivity index (χ0n) is 20.0. The molecule has 1 aliphatic heterocycles. The van der Waals surface area contributed by atoms with Gasteiger partial charge in [0, 0.05) is 42.3 Å². The minimum atomic E-state index is -1.74. The predicted octanol–water partition coefficient (Wildman–Crippen LogP) is 6.11. The Bertz CT molecular complexity index is 895. The van der Waals surface area contributed by atoms with E-state index in [1.54, 1.807) is 15.9 Å². The van der Waals surface area contributed by atoms with Gasteiger partial charge in [0.2, 0.25) is 0 Å². The highest BCUT2D eigenvalue weighted by atomic mass is 32.7. The van der Waals surface area contributed by atoms with Crippen molar-refractivity contribution in [2.24, 2.45) is 0 Å². The molecule has 2 atom stereocenters. The lowest BCUT2D eigenvalue weighted by Gasteiger charge is -2.40. The highest BCUT2D eigenvalue weighted by Crippen LogP contribution is 3.20. The summed E-state index contributed by atoms with van der Waals surface area (Å²) in [6, 6.07) is 34.4. The highest BCUT2D eigenvalue weighted by molar-refractivity contribution is 8.93. The molecule has 1 fully saturated rings. The Morgan fingerprint density at radius 2 is 0.812 bits per heavy atom. The average molecular weight is 501 g/mol. The van der Waals surface area contributed by atoms with Crippen LogP contribution >= 0.6 is 29.0 Å². The normalized spacial score (nSPS) is 19.0. The maximum atomic E-state index is 2.57. The van der Waals surface area contributed by atoms with Gasteiger partial charge in [-0.15, -0.1) is 0 Å². The molecule has 0 saturated carbocycles.